The van der Waals surface area contributed by atoms with Crippen LogP contribution < -0.4 is 4.90 Å². The minimum atomic E-state index is 0.483. The summed E-state index contributed by atoms with van der Waals surface area (Å²) in [5, 5.41) is 10.1. The van der Waals surface area contributed by atoms with Gasteiger partial charge < -0.3 is 4.90 Å². The van der Waals surface area contributed by atoms with Gasteiger partial charge in [0, 0.05) is 30.3 Å². The highest BCUT2D eigenvalue weighted by Crippen LogP contribution is 2.30. The third kappa shape index (κ3) is 2.67. The molecule has 1 saturated heterocycles. The van der Waals surface area contributed by atoms with Crippen molar-refractivity contribution < 1.29 is 0 Å². The van der Waals surface area contributed by atoms with E-state index >= 15 is 0 Å². The Labute approximate surface area is 111 Å². The SMILES string of the molecule is CCC1CN(c2nccc(C#N)c2Cl)CCS1. The molecular formula is C12H14ClN3S. The molecule has 0 saturated carbocycles. The van der Waals surface area contributed by atoms with E-state index in [1.807, 2.05) is 11.8 Å². The van der Waals surface area contributed by atoms with Gasteiger partial charge in [-0.2, -0.15) is 17.0 Å². The van der Waals surface area contributed by atoms with Crippen molar-refractivity contribution in [3.05, 3.63) is 22.8 Å². The molecule has 3 nitrogen and oxygen atoms in total. The largest absolute Gasteiger partial charge is 0.353 e. The van der Waals surface area contributed by atoms with Crippen LogP contribution in [-0.2, 0) is 0 Å². The molecule has 2 rings (SSSR count). The minimum Gasteiger partial charge on any atom is -0.353 e. The average Bonchev–Trinajstić information content (AvgIpc) is 2.39. The Balaban J connectivity index is 2.25. The minimum absolute atomic E-state index is 0.483. The lowest BCUT2D eigenvalue weighted by Crippen LogP contribution is -2.38. The molecule has 90 valence electrons. The number of pyridine rings is 1. The first kappa shape index (κ1) is 12.5. The molecule has 17 heavy (non-hydrogen) atoms. The topological polar surface area (TPSA) is 39.9 Å². The molecule has 1 atom stereocenters. The zero-order valence-corrected chi connectivity index (χ0v) is 11.3. The first-order valence-corrected chi connectivity index (χ1v) is 7.10. The third-order valence-electron chi connectivity index (χ3n) is 2.88. The monoisotopic (exact) mass is 267 g/mol. The molecule has 1 aromatic heterocycles. The Morgan fingerprint density at radius 1 is 1.71 bits per heavy atom. The van der Waals surface area contributed by atoms with E-state index in [1.54, 1.807) is 12.3 Å². The van der Waals surface area contributed by atoms with E-state index in [4.69, 9.17) is 16.9 Å². The number of nitrogens with zero attached hydrogens (tertiary/aromatic N) is 3. The molecule has 0 aliphatic carbocycles. The number of thioether (sulfide) groups is 1. The standard InChI is InChI=1S/C12H14ClN3S/c1-2-10-8-16(5-6-17-10)12-11(13)9(7-14)3-4-15-12/h3-4,10H,2,5-6,8H2,1H3. The van der Waals surface area contributed by atoms with Crippen LogP contribution >= 0.6 is 23.4 Å². The summed E-state index contributed by atoms with van der Waals surface area (Å²) in [6.07, 6.45) is 2.80. The van der Waals surface area contributed by atoms with Crippen LogP contribution in [0.25, 0.3) is 0 Å². The fourth-order valence-corrected chi connectivity index (χ4v) is 3.35. The summed E-state index contributed by atoms with van der Waals surface area (Å²) in [4.78, 5) is 6.50. The molecule has 1 aliphatic heterocycles. The van der Waals surface area contributed by atoms with Crippen LogP contribution in [0.15, 0.2) is 12.3 Å². The number of hydrogen-bond donors (Lipinski definition) is 0. The van der Waals surface area contributed by atoms with Gasteiger partial charge in [-0.15, -0.1) is 0 Å². The molecule has 0 amide bonds. The van der Waals surface area contributed by atoms with Crippen molar-refractivity contribution in [2.75, 3.05) is 23.7 Å². The van der Waals surface area contributed by atoms with Crippen LogP contribution in [0, 0.1) is 11.3 Å². The fourth-order valence-electron chi connectivity index (χ4n) is 1.90. The second-order valence-corrected chi connectivity index (χ2v) is 5.74. The zero-order chi connectivity index (χ0) is 12.3. The smallest absolute Gasteiger partial charge is 0.148 e. The van der Waals surface area contributed by atoms with E-state index in [0.29, 0.717) is 15.8 Å². The molecule has 1 fully saturated rings. The van der Waals surface area contributed by atoms with E-state index in [9.17, 15) is 0 Å². The van der Waals surface area contributed by atoms with Gasteiger partial charge in [0.25, 0.3) is 0 Å². The first-order chi connectivity index (χ1) is 8.26. The summed E-state index contributed by atoms with van der Waals surface area (Å²) in [6, 6.07) is 3.75. The molecule has 0 bridgehead atoms. The number of hydrogen-bond acceptors (Lipinski definition) is 4. The highest BCUT2D eigenvalue weighted by molar-refractivity contribution is 8.00. The predicted molar refractivity (Wildman–Crippen MR) is 72.7 cm³/mol. The van der Waals surface area contributed by atoms with Crippen LogP contribution in [0.4, 0.5) is 5.82 Å². The van der Waals surface area contributed by atoms with Gasteiger partial charge in [-0.1, -0.05) is 18.5 Å². The highest BCUT2D eigenvalue weighted by Gasteiger charge is 2.22. The normalized spacial score (nSPS) is 20.1. The second kappa shape index (κ2) is 5.61. The molecule has 1 aliphatic rings. The van der Waals surface area contributed by atoms with Gasteiger partial charge in [0.05, 0.1) is 5.56 Å². The molecule has 0 radical (unpaired) electrons. The molecule has 0 aromatic carbocycles. The average molecular weight is 268 g/mol. The number of halogens is 1. The molecule has 0 spiro atoms. The van der Waals surface area contributed by atoms with Crippen molar-refractivity contribution in [2.24, 2.45) is 0 Å². The Hall–Kier alpha value is -0.920. The van der Waals surface area contributed by atoms with E-state index in [-0.39, 0.29) is 0 Å². The quantitative estimate of drug-likeness (QED) is 0.826. The van der Waals surface area contributed by atoms with Crippen LogP contribution in [-0.4, -0.2) is 29.1 Å². The number of rotatable bonds is 2. The lowest BCUT2D eigenvalue weighted by molar-refractivity contribution is 0.720. The fraction of sp³-hybridized carbons (Fsp3) is 0.500. The maximum atomic E-state index is 8.95. The Morgan fingerprint density at radius 3 is 3.24 bits per heavy atom. The molecule has 1 aromatic rings. The Kier molecular flexibility index (Phi) is 4.14. The van der Waals surface area contributed by atoms with Gasteiger partial charge in [0.2, 0.25) is 0 Å². The summed E-state index contributed by atoms with van der Waals surface area (Å²) in [6.45, 7) is 4.10. The predicted octanol–water partition coefficient (Wildman–Crippen LogP) is 2.94. The highest BCUT2D eigenvalue weighted by atomic mass is 35.5. The molecule has 5 heteroatoms. The number of anilines is 1. The van der Waals surface area contributed by atoms with Crippen molar-refractivity contribution in [1.29, 1.82) is 5.26 Å². The number of nitriles is 1. The number of aromatic nitrogens is 1. The van der Waals surface area contributed by atoms with E-state index < -0.39 is 0 Å². The molecule has 0 N–H and O–H groups in total. The van der Waals surface area contributed by atoms with Gasteiger partial charge >= 0.3 is 0 Å². The van der Waals surface area contributed by atoms with Gasteiger partial charge in [0.1, 0.15) is 16.9 Å². The molecular weight excluding hydrogens is 254 g/mol. The van der Waals surface area contributed by atoms with Crippen LogP contribution in [0.3, 0.4) is 0 Å². The van der Waals surface area contributed by atoms with Crippen molar-refractivity contribution >= 4 is 29.2 Å². The summed E-state index contributed by atoms with van der Waals surface area (Å²) in [5.41, 5.74) is 0.503. The lowest BCUT2D eigenvalue weighted by atomic mass is 10.2. The van der Waals surface area contributed by atoms with Gasteiger partial charge in [0.15, 0.2) is 0 Å². The summed E-state index contributed by atoms with van der Waals surface area (Å²) >= 11 is 8.20. The van der Waals surface area contributed by atoms with Crippen molar-refractivity contribution in [1.82, 2.24) is 4.98 Å². The van der Waals surface area contributed by atoms with E-state index in [0.717, 1.165) is 31.1 Å². The second-order valence-electron chi connectivity index (χ2n) is 3.95. The van der Waals surface area contributed by atoms with Crippen molar-refractivity contribution in [3.63, 3.8) is 0 Å². The third-order valence-corrected chi connectivity index (χ3v) is 4.63. The van der Waals surface area contributed by atoms with Crippen LogP contribution in [0.1, 0.15) is 18.9 Å². The summed E-state index contributed by atoms with van der Waals surface area (Å²) < 4.78 is 0. The van der Waals surface area contributed by atoms with E-state index in [1.165, 1.54) is 0 Å². The lowest BCUT2D eigenvalue weighted by Gasteiger charge is -2.33. The summed E-state index contributed by atoms with van der Waals surface area (Å²) in [5.74, 6) is 1.84. The summed E-state index contributed by atoms with van der Waals surface area (Å²) in [7, 11) is 0. The van der Waals surface area contributed by atoms with Crippen LogP contribution in [0.2, 0.25) is 5.02 Å². The maximum absolute atomic E-state index is 8.95. The van der Waals surface area contributed by atoms with Crippen molar-refractivity contribution in [3.8, 4) is 6.07 Å². The molecule has 2 heterocycles. The zero-order valence-electron chi connectivity index (χ0n) is 9.69. The Morgan fingerprint density at radius 2 is 2.53 bits per heavy atom. The van der Waals surface area contributed by atoms with Gasteiger partial charge in [-0.3, -0.25) is 0 Å². The van der Waals surface area contributed by atoms with E-state index in [2.05, 4.69) is 22.9 Å². The first-order valence-electron chi connectivity index (χ1n) is 5.67. The van der Waals surface area contributed by atoms with Crippen molar-refractivity contribution in [2.45, 2.75) is 18.6 Å². The molecule has 1 unspecified atom stereocenters. The van der Waals surface area contributed by atoms with Gasteiger partial charge in [-0.25, -0.2) is 4.98 Å². The Bertz CT molecular complexity index is 444. The maximum Gasteiger partial charge on any atom is 0.148 e. The van der Waals surface area contributed by atoms with Crippen LogP contribution in [0.5, 0.6) is 0 Å². The van der Waals surface area contributed by atoms with Gasteiger partial charge in [-0.05, 0) is 12.5 Å².